The first-order valence-corrected chi connectivity index (χ1v) is 11.4. The summed E-state index contributed by atoms with van der Waals surface area (Å²) in [6, 6.07) is 15.3. The molecule has 2 aromatic heterocycles. The van der Waals surface area contributed by atoms with E-state index in [-0.39, 0.29) is 11.9 Å². The minimum absolute atomic E-state index is 0.208. The van der Waals surface area contributed by atoms with Gasteiger partial charge in [0, 0.05) is 17.6 Å². The normalized spacial score (nSPS) is 18.7. The lowest BCUT2D eigenvalue weighted by Crippen LogP contribution is -2.33. The average molecular weight is 446 g/mol. The smallest absolute Gasteiger partial charge is 0.164 e. The lowest BCUT2D eigenvalue weighted by molar-refractivity contribution is 0.197. The van der Waals surface area contributed by atoms with E-state index in [1.807, 2.05) is 30.3 Å². The molecule has 0 amide bonds. The maximum absolute atomic E-state index is 14.8. The second kappa shape index (κ2) is 8.90. The molecule has 0 atom stereocenters. The van der Waals surface area contributed by atoms with E-state index in [0.717, 1.165) is 42.6 Å². The highest BCUT2D eigenvalue weighted by Crippen LogP contribution is 2.37. The van der Waals surface area contributed by atoms with Crippen LogP contribution in [-0.4, -0.2) is 51.7 Å². The fourth-order valence-electron chi connectivity index (χ4n) is 4.78. The van der Waals surface area contributed by atoms with E-state index in [1.54, 1.807) is 25.4 Å². The largest absolute Gasteiger partial charge is 0.497 e. The zero-order valence-corrected chi connectivity index (χ0v) is 19.2. The molecule has 5 rings (SSSR count). The summed E-state index contributed by atoms with van der Waals surface area (Å²) in [4.78, 5) is 16.6. The molecule has 0 aliphatic heterocycles. The zero-order chi connectivity index (χ0) is 22.9. The second-order valence-electron chi connectivity index (χ2n) is 8.84. The summed E-state index contributed by atoms with van der Waals surface area (Å²) in [6.45, 7) is 0. The Morgan fingerprint density at radius 1 is 0.970 bits per heavy atom. The Morgan fingerprint density at radius 2 is 1.70 bits per heavy atom. The molecule has 0 unspecified atom stereocenters. The molecule has 0 N–H and O–H groups in total. The first-order valence-electron chi connectivity index (χ1n) is 11.4. The number of benzene rings is 2. The van der Waals surface area contributed by atoms with E-state index in [2.05, 4.69) is 28.5 Å². The monoisotopic (exact) mass is 445 g/mol. The highest BCUT2D eigenvalue weighted by Gasteiger charge is 2.28. The van der Waals surface area contributed by atoms with Crippen LogP contribution in [0.15, 0.2) is 54.7 Å². The van der Waals surface area contributed by atoms with E-state index in [0.29, 0.717) is 28.8 Å². The number of fused-ring (bicyclic) bond motifs is 1. The highest BCUT2D eigenvalue weighted by molar-refractivity contribution is 5.79. The number of ether oxygens (including phenoxy) is 1. The van der Waals surface area contributed by atoms with Crippen LogP contribution in [0.2, 0.25) is 0 Å². The molecular formula is C26H28FN5O. The third-order valence-electron chi connectivity index (χ3n) is 6.66. The maximum Gasteiger partial charge on any atom is 0.164 e. The van der Waals surface area contributed by atoms with Crippen LogP contribution in [0.25, 0.3) is 33.9 Å². The maximum atomic E-state index is 14.8. The minimum atomic E-state index is -0.278. The minimum Gasteiger partial charge on any atom is -0.497 e. The van der Waals surface area contributed by atoms with Crippen LogP contribution in [0, 0.1) is 5.82 Å². The Bertz CT molecular complexity index is 1260. The van der Waals surface area contributed by atoms with Crippen LogP contribution in [0.4, 0.5) is 4.39 Å². The molecule has 2 heterocycles. The predicted octanol–water partition coefficient (Wildman–Crippen LogP) is 5.35. The van der Waals surface area contributed by atoms with Gasteiger partial charge in [0.1, 0.15) is 22.9 Å². The summed E-state index contributed by atoms with van der Waals surface area (Å²) in [7, 11) is 5.92. The molecule has 1 fully saturated rings. The van der Waals surface area contributed by atoms with E-state index < -0.39 is 0 Å². The number of imidazole rings is 1. The van der Waals surface area contributed by atoms with Gasteiger partial charge in [-0.25, -0.2) is 19.3 Å². The first kappa shape index (κ1) is 21.5. The Balaban J connectivity index is 1.63. The molecule has 1 saturated carbocycles. The van der Waals surface area contributed by atoms with Crippen molar-refractivity contribution in [2.45, 2.75) is 37.8 Å². The van der Waals surface area contributed by atoms with E-state index in [4.69, 9.17) is 14.7 Å². The van der Waals surface area contributed by atoms with Gasteiger partial charge in [-0.1, -0.05) is 12.1 Å². The third kappa shape index (κ3) is 4.09. The van der Waals surface area contributed by atoms with Crippen LogP contribution < -0.4 is 4.74 Å². The Morgan fingerprint density at radius 3 is 2.36 bits per heavy atom. The van der Waals surface area contributed by atoms with Crippen molar-refractivity contribution in [1.82, 2.24) is 24.4 Å². The fraction of sp³-hybridized carbons (Fsp3) is 0.346. The Kier molecular flexibility index (Phi) is 5.81. The van der Waals surface area contributed by atoms with Crippen LogP contribution in [0.1, 0.15) is 31.7 Å². The average Bonchev–Trinajstić information content (AvgIpc) is 3.23. The van der Waals surface area contributed by atoms with Gasteiger partial charge in [0.2, 0.25) is 0 Å². The molecule has 0 saturated heterocycles. The van der Waals surface area contributed by atoms with Gasteiger partial charge in [-0.05, 0) is 76.2 Å². The third-order valence-corrected chi connectivity index (χ3v) is 6.66. The zero-order valence-electron chi connectivity index (χ0n) is 19.2. The van der Waals surface area contributed by atoms with Gasteiger partial charge >= 0.3 is 0 Å². The van der Waals surface area contributed by atoms with Crippen LogP contribution >= 0.6 is 0 Å². The molecule has 1 aliphatic carbocycles. The summed E-state index contributed by atoms with van der Waals surface area (Å²) < 4.78 is 22.2. The fourth-order valence-corrected chi connectivity index (χ4v) is 4.78. The number of nitrogens with zero attached hydrogens (tertiary/aromatic N) is 5. The van der Waals surface area contributed by atoms with E-state index in [9.17, 15) is 4.39 Å². The van der Waals surface area contributed by atoms with E-state index >= 15 is 0 Å². The number of hydrogen-bond acceptors (Lipinski definition) is 5. The number of rotatable bonds is 5. The topological polar surface area (TPSA) is 56.1 Å². The lowest BCUT2D eigenvalue weighted by Gasteiger charge is -2.34. The number of methoxy groups -OCH3 is 1. The molecule has 4 aromatic rings. The van der Waals surface area contributed by atoms with Crippen molar-refractivity contribution in [3.05, 3.63) is 60.5 Å². The standard InChI is InChI=1S/C26H28FN5O/c1-31(2)18-10-12-19(13-11-18)32-25(21-6-4-5-7-22(21)27)29-23-16-28-24(30-26(23)32)17-8-14-20(33-3)15-9-17/h4-9,14-16,18-19H,10-13H2,1-3H3. The van der Waals surface area contributed by atoms with Crippen molar-refractivity contribution in [2.75, 3.05) is 21.2 Å². The predicted molar refractivity (Wildman–Crippen MR) is 128 cm³/mol. The van der Waals surface area contributed by atoms with Crippen molar-refractivity contribution in [3.8, 4) is 28.5 Å². The molecule has 33 heavy (non-hydrogen) atoms. The summed E-state index contributed by atoms with van der Waals surface area (Å²) in [6.07, 6.45) is 5.92. The van der Waals surface area contributed by atoms with Crippen molar-refractivity contribution in [1.29, 1.82) is 0 Å². The van der Waals surface area contributed by atoms with Gasteiger partial charge in [-0.2, -0.15) is 0 Å². The van der Waals surface area contributed by atoms with Crippen molar-refractivity contribution >= 4 is 11.2 Å². The van der Waals surface area contributed by atoms with Gasteiger partial charge in [0.05, 0.1) is 18.9 Å². The summed E-state index contributed by atoms with van der Waals surface area (Å²) >= 11 is 0. The number of hydrogen-bond donors (Lipinski definition) is 0. The number of halogens is 1. The van der Waals surface area contributed by atoms with Gasteiger partial charge in [0.25, 0.3) is 0 Å². The number of aromatic nitrogens is 4. The molecule has 0 bridgehead atoms. The molecular weight excluding hydrogens is 417 g/mol. The van der Waals surface area contributed by atoms with Crippen molar-refractivity contribution in [3.63, 3.8) is 0 Å². The molecule has 0 spiro atoms. The van der Waals surface area contributed by atoms with Crippen LogP contribution in [-0.2, 0) is 0 Å². The van der Waals surface area contributed by atoms with Crippen LogP contribution in [0.5, 0.6) is 5.75 Å². The first-order chi connectivity index (χ1) is 16.0. The van der Waals surface area contributed by atoms with Gasteiger partial charge in [-0.15, -0.1) is 0 Å². The quantitative estimate of drug-likeness (QED) is 0.414. The van der Waals surface area contributed by atoms with Gasteiger partial charge in [-0.3, -0.25) is 0 Å². The van der Waals surface area contributed by atoms with Crippen LogP contribution in [0.3, 0.4) is 0 Å². The second-order valence-corrected chi connectivity index (χ2v) is 8.84. The summed E-state index contributed by atoms with van der Waals surface area (Å²) in [5.74, 6) is 1.75. The molecule has 7 heteroatoms. The van der Waals surface area contributed by atoms with Crippen molar-refractivity contribution in [2.24, 2.45) is 0 Å². The molecule has 6 nitrogen and oxygen atoms in total. The highest BCUT2D eigenvalue weighted by atomic mass is 19.1. The molecule has 170 valence electrons. The molecule has 1 aliphatic rings. The Hall–Kier alpha value is -3.32. The molecule has 0 radical (unpaired) electrons. The lowest BCUT2D eigenvalue weighted by atomic mass is 9.90. The van der Waals surface area contributed by atoms with Gasteiger partial charge in [0.15, 0.2) is 11.5 Å². The summed E-state index contributed by atoms with van der Waals surface area (Å²) in [5, 5.41) is 0. The molecule has 2 aromatic carbocycles. The van der Waals surface area contributed by atoms with E-state index in [1.165, 1.54) is 6.07 Å². The van der Waals surface area contributed by atoms with Crippen molar-refractivity contribution < 1.29 is 9.13 Å². The Labute approximate surface area is 193 Å². The summed E-state index contributed by atoms with van der Waals surface area (Å²) in [5.41, 5.74) is 2.83. The SMILES string of the molecule is COc1ccc(-c2ncc3nc(-c4ccccc4F)n(C4CCC(N(C)C)CC4)c3n2)cc1. The van der Waals surface area contributed by atoms with Gasteiger partial charge < -0.3 is 14.2 Å².